The van der Waals surface area contributed by atoms with Gasteiger partial charge in [-0.25, -0.2) is 0 Å². The van der Waals surface area contributed by atoms with Crippen LogP contribution in [-0.4, -0.2) is 15.7 Å². The minimum Gasteiger partial charge on any atom is -0.335 e. The van der Waals surface area contributed by atoms with Gasteiger partial charge < -0.3 is 5.32 Å². The van der Waals surface area contributed by atoms with Crippen LogP contribution in [0, 0.1) is 11.3 Å². The van der Waals surface area contributed by atoms with Crippen LogP contribution in [0.3, 0.4) is 0 Å². The first-order valence-electron chi connectivity index (χ1n) is 7.02. The number of halogens is 1. The molecule has 5 nitrogen and oxygen atoms in total. The topological polar surface area (TPSA) is 70.7 Å². The molecule has 114 valence electrons. The number of nitrogens with zero attached hydrogens (tertiary/aromatic N) is 3. The number of aromatic nitrogens is 2. The molecule has 0 saturated heterocycles. The Labute approximate surface area is 141 Å². The standard InChI is InChI=1S/C17H13BrN4O/c18-14-6-3-5-12(8-14)16(9-19)20-17(23)11-22-10-13-4-1-2-7-15(13)21-22/h1-8,10,16H,11H2,(H,20,23). The molecule has 0 saturated carbocycles. The van der Waals surface area contributed by atoms with Gasteiger partial charge in [-0.2, -0.15) is 10.4 Å². The van der Waals surface area contributed by atoms with Crippen molar-refractivity contribution in [3.8, 4) is 6.07 Å². The van der Waals surface area contributed by atoms with E-state index in [4.69, 9.17) is 0 Å². The van der Waals surface area contributed by atoms with E-state index in [2.05, 4.69) is 32.4 Å². The minimum atomic E-state index is -0.690. The van der Waals surface area contributed by atoms with E-state index in [1.807, 2.05) is 48.7 Å². The first kappa shape index (κ1) is 15.3. The number of amides is 1. The largest absolute Gasteiger partial charge is 0.335 e. The Balaban J connectivity index is 1.71. The van der Waals surface area contributed by atoms with Gasteiger partial charge in [0, 0.05) is 16.1 Å². The molecular formula is C17H13BrN4O. The van der Waals surface area contributed by atoms with Crippen molar-refractivity contribution >= 4 is 32.7 Å². The smallest absolute Gasteiger partial charge is 0.243 e. The van der Waals surface area contributed by atoms with Crippen molar-refractivity contribution in [2.24, 2.45) is 0 Å². The Morgan fingerprint density at radius 1 is 1.30 bits per heavy atom. The van der Waals surface area contributed by atoms with Gasteiger partial charge in [0.15, 0.2) is 0 Å². The lowest BCUT2D eigenvalue weighted by Gasteiger charge is -2.12. The molecule has 0 fully saturated rings. The molecule has 6 heteroatoms. The third-order valence-electron chi connectivity index (χ3n) is 3.38. The van der Waals surface area contributed by atoms with E-state index in [0.29, 0.717) is 0 Å². The van der Waals surface area contributed by atoms with Gasteiger partial charge in [0.05, 0.1) is 11.6 Å². The van der Waals surface area contributed by atoms with Gasteiger partial charge in [-0.3, -0.25) is 9.48 Å². The summed E-state index contributed by atoms with van der Waals surface area (Å²) in [6, 6.07) is 16.4. The molecule has 0 spiro atoms. The Bertz CT molecular complexity index is 864. The Morgan fingerprint density at radius 3 is 2.87 bits per heavy atom. The Kier molecular flexibility index (Phi) is 4.40. The normalized spacial score (nSPS) is 11.8. The van der Waals surface area contributed by atoms with Crippen molar-refractivity contribution in [2.45, 2.75) is 12.6 Å². The summed E-state index contributed by atoms with van der Waals surface area (Å²) in [6.45, 7) is 0.0703. The zero-order valence-electron chi connectivity index (χ0n) is 12.1. The number of nitrogens with one attached hydrogen (secondary N) is 1. The lowest BCUT2D eigenvalue weighted by atomic mass is 10.1. The number of hydrogen-bond donors (Lipinski definition) is 1. The van der Waals surface area contributed by atoms with Crippen LogP contribution in [-0.2, 0) is 11.3 Å². The molecule has 0 aliphatic rings. The Hall–Kier alpha value is -2.65. The van der Waals surface area contributed by atoms with Crippen LogP contribution in [0.4, 0.5) is 0 Å². The van der Waals surface area contributed by atoms with Gasteiger partial charge in [0.2, 0.25) is 5.91 Å². The highest BCUT2D eigenvalue weighted by Crippen LogP contribution is 2.18. The molecule has 0 radical (unpaired) electrons. The molecule has 0 aliphatic heterocycles. The summed E-state index contributed by atoms with van der Waals surface area (Å²) < 4.78 is 2.44. The fraction of sp³-hybridized carbons (Fsp3) is 0.118. The molecule has 1 unspecified atom stereocenters. The van der Waals surface area contributed by atoms with Crippen LogP contribution in [0.25, 0.3) is 10.9 Å². The predicted octanol–water partition coefficient (Wildman–Crippen LogP) is 3.18. The molecule has 3 rings (SSSR count). The molecule has 1 atom stereocenters. The number of fused-ring (bicyclic) bond motifs is 1. The molecule has 3 aromatic rings. The molecular weight excluding hydrogens is 356 g/mol. The summed E-state index contributed by atoms with van der Waals surface area (Å²) >= 11 is 3.36. The monoisotopic (exact) mass is 368 g/mol. The van der Waals surface area contributed by atoms with Gasteiger partial charge in [-0.15, -0.1) is 0 Å². The summed E-state index contributed by atoms with van der Waals surface area (Å²) in [6.07, 6.45) is 1.81. The van der Waals surface area contributed by atoms with Crippen molar-refractivity contribution in [2.75, 3.05) is 0 Å². The molecule has 1 N–H and O–H groups in total. The molecule has 1 amide bonds. The van der Waals surface area contributed by atoms with Crippen molar-refractivity contribution < 1.29 is 4.79 Å². The average Bonchev–Trinajstić information content (AvgIpc) is 2.94. The lowest BCUT2D eigenvalue weighted by molar-refractivity contribution is -0.122. The highest BCUT2D eigenvalue weighted by Gasteiger charge is 2.14. The fourth-order valence-electron chi connectivity index (χ4n) is 2.33. The lowest BCUT2D eigenvalue weighted by Crippen LogP contribution is -2.31. The van der Waals surface area contributed by atoms with E-state index in [9.17, 15) is 10.1 Å². The number of carbonyl (C=O) groups is 1. The maximum atomic E-state index is 12.2. The number of benzene rings is 2. The van der Waals surface area contributed by atoms with Crippen molar-refractivity contribution in [1.29, 1.82) is 5.26 Å². The van der Waals surface area contributed by atoms with Gasteiger partial charge in [-0.05, 0) is 23.8 Å². The third-order valence-corrected chi connectivity index (χ3v) is 3.88. The SMILES string of the molecule is N#CC(NC(=O)Cn1cc2ccccc2n1)c1cccc(Br)c1. The minimum absolute atomic E-state index is 0.0703. The van der Waals surface area contributed by atoms with Gasteiger partial charge in [0.1, 0.15) is 12.6 Å². The van der Waals surface area contributed by atoms with E-state index in [1.54, 1.807) is 10.7 Å². The van der Waals surface area contributed by atoms with Gasteiger partial charge in [-0.1, -0.05) is 46.3 Å². The van der Waals surface area contributed by atoms with Crippen LogP contribution in [0.1, 0.15) is 11.6 Å². The van der Waals surface area contributed by atoms with E-state index in [-0.39, 0.29) is 12.5 Å². The van der Waals surface area contributed by atoms with E-state index < -0.39 is 6.04 Å². The number of rotatable bonds is 4. The average molecular weight is 369 g/mol. The number of nitriles is 1. The van der Waals surface area contributed by atoms with Crippen LogP contribution in [0.5, 0.6) is 0 Å². The van der Waals surface area contributed by atoms with E-state index in [1.165, 1.54) is 0 Å². The van der Waals surface area contributed by atoms with E-state index >= 15 is 0 Å². The van der Waals surface area contributed by atoms with Crippen molar-refractivity contribution in [3.05, 3.63) is 64.8 Å². The van der Waals surface area contributed by atoms with Gasteiger partial charge >= 0.3 is 0 Å². The molecule has 2 aromatic carbocycles. The van der Waals surface area contributed by atoms with Crippen LogP contribution >= 0.6 is 15.9 Å². The molecule has 23 heavy (non-hydrogen) atoms. The molecule has 1 aromatic heterocycles. The van der Waals surface area contributed by atoms with Crippen molar-refractivity contribution in [3.63, 3.8) is 0 Å². The summed E-state index contributed by atoms with van der Waals surface area (Å²) in [4.78, 5) is 12.2. The maximum Gasteiger partial charge on any atom is 0.243 e. The maximum absolute atomic E-state index is 12.2. The summed E-state index contributed by atoms with van der Waals surface area (Å²) in [5, 5.41) is 17.3. The zero-order valence-corrected chi connectivity index (χ0v) is 13.7. The van der Waals surface area contributed by atoms with Gasteiger partial charge in [0.25, 0.3) is 0 Å². The van der Waals surface area contributed by atoms with Crippen LogP contribution < -0.4 is 5.32 Å². The predicted molar refractivity (Wildman–Crippen MR) is 90.4 cm³/mol. The third kappa shape index (κ3) is 3.58. The second kappa shape index (κ2) is 6.63. The number of hydrogen-bond acceptors (Lipinski definition) is 3. The molecule has 1 heterocycles. The van der Waals surface area contributed by atoms with E-state index in [0.717, 1.165) is 20.9 Å². The van der Waals surface area contributed by atoms with Crippen LogP contribution in [0.15, 0.2) is 59.2 Å². The first-order chi connectivity index (χ1) is 11.2. The second-order valence-electron chi connectivity index (χ2n) is 5.07. The Morgan fingerprint density at radius 2 is 2.13 bits per heavy atom. The van der Waals surface area contributed by atoms with Crippen molar-refractivity contribution in [1.82, 2.24) is 15.1 Å². The summed E-state index contributed by atoms with van der Waals surface area (Å²) in [7, 11) is 0. The summed E-state index contributed by atoms with van der Waals surface area (Å²) in [5.74, 6) is -0.260. The quantitative estimate of drug-likeness (QED) is 0.768. The molecule has 0 aliphatic carbocycles. The highest BCUT2D eigenvalue weighted by atomic mass is 79.9. The fourth-order valence-corrected chi connectivity index (χ4v) is 2.74. The molecule has 0 bridgehead atoms. The highest BCUT2D eigenvalue weighted by molar-refractivity contribution is 9.10. The first-order valence-corrected chi connectivity index (χ1v) is 7.81. The zero-order chi connectivity index (χ0) is 16.2. The summed E-state index contributed by atoms with van der Waals surface area (Å²) in [5.41, 5.74) is 1.57. The second-order valence-corrected chi connectivity index (χ2v) is 5.99. The number of carbonyl (C=O) groups excluding carboxylic acids is 1. The van der Waals surface area contributed by atoms with Crippen LogP contribution in [0.2, 0.25) is 0 Å².